The third-order valence-corrected chi connectivity index (χ3v) is 7.43. The van der Waals surface area contributed by atoms with Crippen LogP contribution in [0.2, 0.25) is 0 Å². The summed E-state index contributed by atoms with van der Waals surface area (Å²) in [7, 11) is 0. The van der Waals surface area contributed by atoms with Crippen molar-refractivity contribution in [1.29, 1.82) is 0 Å². The van der Waals surface area contributed by atoms with Crippen LogP contribution in [-0.4, -0.2) is 28.8 Å². The van der Waals surface area contributed by atoms with E-state index >= 15 is 8.78 Å². The molecule has 202 valence electrons. The number of aliphatic hydroxyl groups is 1. The fraction of sp³-hybridized carbons (Fsp3) is 0.312. The fourth-order valence-corrected chi connectivity index (χ4v) is 5.03. The van der Waals surface area contributed by atoms with Crippen LogP contribution >= 0.6 is 0 Å². The average molecular weight is 532 g/mol. The molecule has 5 nitrogen and oxygen atoms in total. The lowest BCUT2D eigenvalue weighted by Gasteiger charge is -2.20. The second-order valence-electron chi connectivity index (χ2n) is 10.2. The third-order valence-electron chi connectivity index (χ3n) is 7.43. The summed E-state index contributed by atoms with van der Waals surface area (Å²) in [6.07, 6.45) is -0.977. The van der Waals surface area contributed by atoms with E-state index in [9.17, 15) is 9.90 Å². The number of carbonyl (C=O) groups excluding carboxylic acids is 1. The predicted octanol–water partition coefficient (Wildman–Crippen LogP) is 7.21. The Hall–Kier alpha value is -3.84. The van der Waals surface area contributed by atoms with Crippen molar-refractivity contribution in [3.8, 4) is 22.5 Å². The van der Waals surface area contributed by atoms with Crippen LogP contribution in [0.25, 0.3) is 22.5 Å². The fourth-order valence-electron chi connectivity index (χ4n) is 5.03. The number of esters is 1. The van der Waals surface area contributed by atoms with Gasteiger partial charge in [0, 0.05) is 24.0 Å². The minimum atomic E-state index is -3.16. The van der Waals surface area contributed by atoms with Crippen LogP contribution < -0.4 is 0 Å². The molecule has 5 rings (SSSR count). The largest absolute Gasteiger partial charge is 0.465 e. The molecule has 1 heterocycles. The molecular weight excluding hydrogens is 500 g/mol. The van der Waals surface area contributed by atoms with Crippen LogP contribution in [0.15, 0.2) is 83.4 Å². The molecular formula is C32H31F2NO4. The quantitative estimate of drug-likeness (QED) is 0.219. The molecule has 1 saturated carbocycles. The van der Waals surface area contributed by atoms with Crippen molar-refractivity contribution in [1.82, 2.24) is 5.16 Å². The first-order chi connectivity index (χ1) is 18.7. The minimum absolute atomic E-state index is 0.166. The minimum Gasteiger partial charge on any atom is -0.465 e. The number of halogens is 2. The van der Waals surface area contributed by atoms with E-state index in [1.54, 1.807) is 37.3 Å². The van der Waals surface area contributed by atoms with Crippen LogP contribution in [0.4, 0.5) is 8.78 Å². The summed E-state index contributed by atoms with van der Waals surface area (Å²) in [5.74, 6) is -3.03. The van der Waals surface area contributed by atoms with Gasteiger partial charge in [-0.1, -0.05) is 84.0 Å². The number of aliphatic hydroxyl groups excluding tert-OH is 1. The maximum Gasteiger partial charge on any atom is 0.316 e. The molecule has 4 aromatic rings. The zero-order valence-electron chi connectivity index (χ0n) is 22.0. The van der Waals surface area contributed by atoms with Gasteiger partial charge >= 0.3 is 5.97 Å². The second-order valence-corrected chi connectivity index (χ2v) is 10.2. The number of aromatic nitrogens is 1. The lowest BCUT2D eigenvalue weighted by molar-refractivity contribution is -0.146. The maximum absolute atomic E-state index is 15.0. The molecule has 3 aromatic carbocycles. The lowest BCUT2D eigenvalue weighted by Crippen LogP contribution is -2.23. The third kappa shape index (κ3) is 5.64. The molecule has 1 aliphatic carbocycles. The van der Waals surface area contributed by atoms with Crippen molar-refractivity contribution in [3.05, 3.63) is 101 Å². The van der Waals surface area contributed by atoms with Crippen LogP contribution in [0.1, 0.15) is 54.7 Å². The molecule has 0 spiro atoms. The van der Waals surface area contributed by atoms with Gasteiger partial charge in [0.25, 0.3) is 5.92 Å². The zero-order valence-corrected chi connectivity index (χ0v) is 22.0. The van der Waals surface area contributed by atoms with Crippen molar-refractivity contribution in [3.63, 3.8) is 0 Å². The standard InChI is InChI=1S/C32H31F2NO4/c1-3-38-30(37)31(17-18-31)26-15-13-23(14-16-26)22-9-11-25(12-10-22)29-27(21(2)35-39-29)19-32(33,34)20-28(36)24-7-5-4-6-8-24/h4-16,28,36H,3,17-20H2,1-2H3. The van der Waals surface area contributed by atoms with Crippen LogP contribution in [0, 0.1) is 6.92 Å². The van der Waals surface area contributed by atoms with E-state index in [2.05, 4.69) is 5.16 Å². The van der Waals surface area contributed by atoms with E-state index in [1.807, 2.05) is 55.5 Å². The van der Waals surface area contributed by atoms with E-state index in [0.717, 1.165) is 29.5 Å². The van der Waals surface area contributed by atoms with Crippen LogP contribution in [0.5, 0.6) is 0 Å². The Kier molecular flexibility index (Phi) is 7.36. The normalized spacial score (nSPS) is 15.1. The number of ether oxygens (including phenoxy) is 1. The van der Waals surface area contributed by atoms with Gasteiger partial charge in [0.2, 0.25) is 0 Å². The zero-order chi connectivity index (χ0) is 27.6. The molecule has 1 aromatic heterocycles. The van der Waals surface area contributed by atoms with Gasteiger partial charge in [-0.05, 0) is 48.9 Å². The first-order valence-electron chi connectivity index (χ1n) is 13.2. The first-order valence-corrected chi connectivity index (χ1v) is 13.2. The molecule has 0 saturated heterocycles. The highest BCUT2D eigenvalue weighted by Gasteiger charge is 2.52. The smallest absolute Gasteiger partial charge is 0.316 e. The van der Waals surface area contributed by atoms with Gasteiger partial charge in [-0.3, -0.25) is 4.79 Å². The van der Waals surface area contributed by atoms with Crippen LogP contribution in [-0.2, 0) is 21.4 Å². The van der Waals surface area contributed by atoms with Gasteiger partial charge in [-0.2, -0.15) is 0 Å². The van der Waals surface area contributed by atoms with E-state index in [-0.39, 0.29) is 5.97 Å². The van der Waals surface area contributed by atoms with E-state index in [4.69, 9.17) is 9.26 Å². The Morgan fingerprint density at radius 3 is 2.18 bits per heavy atom. The summed E-state index contributed by atoms with van der Waals surface area (Å²) < 4.78 is 40.8. The summed E-state index contributed by atoms with van der Waals surface area (Å²) in [4.78, 5) is 12.4. The van der Waals surface area contributed by atoms with E-state index in [1.165, 1.54) is 0 Å². The number of aryl methyl sites for hydroxylation is 1. The highest BCUT2D eigenvalue weighted by Crippen LogP contribution is 2.49. The molecule has 1 atom stereocenters. The molecule has 0 amide bonds. The van der Waals surface area contributed by atoms with E-state index in [0.29, 0.717) is 34.8 Å². The van der Waals surface area contributed by atoms with Gasteiger partial charge < -0.3 is 14.4 Å². The van der Waals surface area contributed by atoms with Crippen molar-refractivity contribution in [2.24, 2.45) is 0 Å². The Labute approximate surface area is 226 Å². The van der Waals surface area contributed by atoms with Gasteiger partial charge in [0.1, 0.15) is 0 Å². The topological polar surface area (TPSA) is 72.6 Å². The predicted molar refractivity (Wildman–Crippen MR) is 144 cm³/mol. The van der Waals surface area contributed by atoms with Crippen molar-refractivity contribution in [2.75, 3.05) is 6.61 Å². The number of hydrogen-bond donors (Lipinski definition) is 1. The second kappa shape index (κ2) is 10.7. The Morgan fingerprint density at radius 1 is 1.00 bits per heavy atom. The molecule has 1 unspecified atom stereocenters. The Morgan fingerprint density at radius 2 is 1.59 bits per heavy atom. The SMILES string of the molecule is CCOC(=O)C1(c2ccc(-c3ccc(-c4onc(C)c4CC(F)(F)CC(O)c4ccccc4)cc3)cc2)CC1. The molecule has 0 radical (unpaired) electrons. The first kappa shape index (κ1) is 26.8. The lowest BCUT2D eigenvalue weighted by atomic mass is 9.93. The van der Waals surface area contributed by atoms with E-state index < -0.39 is 30.3 Å². The molecule has 7 heteroatoms. The van der Waals surface area contributed by atoms with Crippen LogP contribution in [0.3, 0.4) is 0 Å². The highest BCUT2D eigenvalue weighted by molar-refractivity contribution is 5.87. The summed E-state index contributed by atoms with van der Waals surface area (Å²) in [5, 5.41) is 14.3. The maximum atomic E-state index is 15.0. The molecule has 1 N–H and O–H groups in total. The summed E-state index contributed by atoms with van der Waals surface area (Å²) in [5.41, 5.74) is 4.18. The van der Waals surface area contributed by atoms with Gasteiger partial charge in [0.15, 0.2) is 5.76 Å². The average Bonchev–Trinajstić information content (AvgIpc) is 3.68. The molecule has 1 fully saturated rings. The van der Waals surface area contributed by atoms with Crippen molar-refractivity contribution >= 4 is 5.97 Å². The monoisotopic (exact) mass is 531 g/mol. The molecule has 39 heavy (non-hydrogen) atoms. The Bertz CT molecular complexity index is 1430. The highest BCUT2D eigenvalue weighted by atomic mass is 19.3. The number of benzene rings is 3. The van der Waals surface area contributed by atoms with Gasteiger partial charge in [-0.25, -0.2) is 8.78 Å². The molecule has 1 aliphatic rings. The molecule has 0 bridgehead atoms. The number of carbonyl (C=O) groups is 1. The summed E-state index contributed by atoms with van der Waals surface area (Å²) in [6.45, 7) is 3.82. The van der Waals surface area contributed by atoms with Crippen molar-refractivity contribution < 1.29 is 27.9 Å². The summed E-state index contributed by atoms with van der Waals surface area (Å²) >= 11 is 0. The number of nitrogens with zero attached hydrogens (tertiary/aromatic N) is 1. The Balaban J connectivity index is 1.31. The van der Waals surface area contributed by atoms with Crippen molar-refractivity contribution in [2.45, 2.75) is 57.0 Å². The van der Waals surface area contributed by atoms with Gasteiger partial charge in [-0.15, -0.1) is 0 Å². The van der Waals surface area contributed by atoms with Gasteiger partial charge in [0.05, 0.1) is 23.8 Å². The number of alkyl halides is 2. The molecule has 0 aliphatic heterocycles. The number of hydrogen-bond acceptors (Lipinski definition) is 5. The summed E-state index contributed by atoms with van der Waals surface area (Å²) in [6, 6.07) is 23.8. The number of rotatable bonds is 10.